The van der Waals surface area contributed by atoms with Crippen molar-refractivity contribution in [2.24, 2.45) is 5.29 Å². The Morgan fingerprint density at radius 1 is 1.43 bits per heavy atom. The van der Waals surface area contributed by atoms with E-state index in [1.807, 2.05) is 0 Å². The topological polar surface area (TPSA) is 61.8 Å². The number of carbonyl (C=O) groups excluding carboxylic acids is 1. The Morgan fingerprint density at radius 2 is 2.07 bits per heavy atom. The van der Waals surface area contributed by atoms with E-state index in [-0.39, 0.29) is 12.1 Å². The van der Waals surface area contributed by atoms with Gasteiger partial charge in [-0.2, -0.15) is 5.01 Å². The summed E-state index contributed by atoms with van der Waals surface area (Å²) in [5, 5.41) is 6.37. The van der Waals surface area contributed by atoms with Crippen molar-refractivity contribution < 1.29 is 4.79 Å². The smallest absolute Gasteiger partial charge is 0.334 e. The van der Waals surface area contributed by atoms with E-state index >= 15 is 0 Å². The summed E-state index contributed by atoms with van der Waals surface area (Å²) in [6, 6.07) is -0.138. The van der Waals surface area contributed by atoms with Crippen LogP contribution in [0.15, 0.2) is 5.29 Å². The van der Waals surface area contributed by atoms with Crippen molar-refractivity contribution >= 4 is 6.03 Å². The van der Waals surface area contributed by atoms with E-state index < -0.39 is 0 Å². The van der Waals surface area contributed by atoms with Crippen molar-refractivity contribution in [2.75, 3.05) is 6.54 Å². The first-order valence-corrected chi connectivity index (χ1v) is 5.19. The molecule has 1 rings (SSSR count). The minimum Gasteiger partial charge on any atom is -0.334 e. The van der Waals surface area contributed by atoms with Crippen LogP contribution in [0.2, 0.25) is 0 Å². The molecular weight excluding hydrogens is 182 g/mol. The predicted octanol–water partition coefficient (Wildman–Crippen LogP) is 2.03. The van der Waals surface area contributed by atoms with E-state index in [0.29, 0.717) is 6.54 Å². The molecular formula is C9H17N3O2. The summed E-state index contributed by atoms with van der Waals surface area (Å²) in [6.45, 7) is 2.05. The Labute approximate surface area is 83.8 Å². The number of nitrogens with one attached hydrogen (secondary N) is 1. The Bertz CT molecular complexity index is 202. The van der Waals surface area contributed by atoms with Crippen molar-refractivity contribution in [3.8, 4) is 0 Å². The van der Waals surface area contributed by atoms with Crippen LogP contribution in [0.25, 0.3) is 0 Å². The summed E-state index contributed by atoms with van der Waals surface area (Å²) < 4.78 is 0. The molecule has 0 aliphatic heterocycles. The van der Waals surface area contributed by atoms with Crippen LogP contribution in [0.1, 0.15) is 39.0 Å². The number of nitroso groups, excluding NO2 is 1. The molecule has 0 atom stereocenters. The lowest BCUT2D eigenvalue weighted by molar-refractivity contribution is 0.194. The Morgan fingerprint density at radius 3 is 2.57 bits per heavy atom. The third-order valence-electron chi connectivity index (χ3n) is 2.57. The molecule has 14 heavy (non-hydrogen) atoms. The average Bonchev–Trinajstić information content (AvgIpc) is 2.21. The maximum Gasteiger partial charge on any atom is 0.340 e. The second-order valence-corrected chi connectivity index (χ2v) is 3.58. The van der Waals surface area contributed by atoms with Crippen molar-refractivity contribution in [3.05, 3.63) is 4.91 Å². The highest BCUT2D eigenvalue weighted by atomic mass is 16.3. The Balaban J connectivity index is 2.34. The Kier molecular flexibility index (Phi) is 4.35. The van der Waals surface area contributed by atoms with Crippen molar-refractivity contribution in [1.29, 1.82) is 0 Å². The summed E-state index contributed by atoms with van der Waals surface area (Å²) in [5.41, 5.74) is 0. The molecule has 0 radical (unpaired) electrons. The van der Waals surface area contributed by atoms with Gasteiger partial charge in [-0.3, -0.25) is 0 Å². The third kappa shape index (κ3) is 2.97. The highest BCUT2D eigenvalue weighted by molar-refractivity contribution is 5.74. The van der Waals surface area contributed by atoms with Gasteiger partial charge in [-0.05, 0) is 19.8 Å². The second kappa shape index (κ2) is 5.57. The molecule has 0 heterocycles. The molecule has 0 aromatic carbocycles. The van der Waals surface area contributed by atoms with E-state index in [0.717, 1.165) is 30.7 Å². The minimum absolute atomic E-state index is 0.229. The van der Waals surface area contributed by atoms with Gasteiger partial charge in [0, 0.05) is 12.6 Å². The van der Waals surface area contributed by atoms with Crippen LogP contribution in [0, 0.1) is 4.91 Å². The normalized spacial score (nSPS) is 17.5. The fraction of sp³-hybridized carbons (Fsp3) is 0.889. The number of urea groups is 1. The molecule has 1 saturated carbocycles. The molecule has 1 N–H and O–H groups in total. The van der Waals surface area contributed by atoms with Gasteiger partial charge in [0.15, 0.2) is 0 Å². The summed E-state index contributed by atoms with van der Waals surface area (Å²) in [6.07, 6.45) is 5.59. The fourth-order valence-corrected chi connectivity index (χ4v) is 1.73. The van der Waals surface area contributed by atoms with Gasteiger partial charge in [0.05, 0.1) is 5.29 Å². The number of hydrogen-bond acceptors (Lipinski definition) is 3. The van der Waals surface area contributed by atoms with Crippen LogP contribution in [-0.4, -0.2) is 23.6 Å². The zero-order valence-electron chi connectivity index (χ0n) is 8.53. The molecule has 0 unspecified atom stereocenters. The van der Waals surface area contributed by atoms with E-state index in [2.05, 4.69) is 10.6 Å². The first-order chi connectivity index (χ1) is 6.77. The summed E-state index contributed by atoms with van der Waals surface area (Å²) in [5.74, 6) is 0. The first kappa shape index (κ1) is 10.9. The molecule has 1 fully saturated rings. The lowest BCUT2D eigenvalue weighted by Crippen LogP contribution is -2.43. The van der Waals surface area contributed by atoms with Crippen LogP contribution < -0.4 is 5.32 Å². The zero-order chi connectivity index (χ0) is 10.4. The van der Waals surface area contributed by atoms with Gasteiger partial charge in [0.1, 0.15) is 0 Å². The molecule has 0 aromatic heterocycles. The quantitative estimate of drug-likeness (QED) is 0.558. The monoisotopic (exact) mass is 199 g/mol. The molecule has 0 bridgehead atoms. The van der Waals surface area contributed by atoms with Gasteiger partial charge in [0.25, 0.3) is 0 Å². The van der Waals surface area contributed by atoms with Gasteiger partial charge in [0.2, 0.25) is 0 Å². The van der Waals surface area contributed by atoms with Crippen LogP contribution in [0.4, 0.5) is 4.79 Å². The molecule has 1 aliphatic rings. The average molecular weight is 199 g/mol. The van der Waals surface area contributed by atoms with Gasteiger partial charge in [-0.25, -0.2) is 4.79 Å². The number of carbonyl (C=O) groups is 1. The van der Waals surface area contributed by atoms with Gasteiger partial charge in [-0.1, -0.05) is 19.3 Å². The van der Waals surface area contributed by atoms with E-state index in [4.69, 9.17) is 0 Å². The molecule has 5 nitrogen and oxygen atoms in total. The Hall–Kier alpha value is -1.13. The number of nitrogens with zero attached hydrogens (tertiary/aromatic N) is 2. The molecule has 2 amide bonds. The number of amides is 2. The first-order valence-electron chi connectivity index (χ1n) is 5.19. The minimum atomic E-state index is -0.366. The van der Waals surface area contributed by atoms with Crippen LogP contribution in [0.5, 0.6) is 0 Å². The number of hydrogen-bond donors (Lipinski definition) is 1. The van der Waals surface area contributed by atoms with Crippen molar-refractivity contribution in [3.63, 3.8) is 0 Å². The highest BCUT2D eigenvalue weighted by Gasteiger charge is 2.19. The molecule has 1 aliphatic carbocycles. The van der Waals surface area contributed by atoms with E-state index in [9.17, 15) is 9.70 Å². The lowest BCUT2D eigenvalue weighted by atomic mass is 9.96. The molecule has 0 spiro atoms. The van der Waals surface area contributed by atoms with Crippen LogP contribution in [-0.2, 0) is 0 Å². The maximum absolute atomic E-state index is 11.4. The zero-order valence-corrected chi connectivity index (χ0v) is 8.53. The van der Waals surface area contributed by atoms with Gasteiger partial charge < -0.3 is 5.32 Å². The summed E-state index contributed by atoms with van der Waals surface area (Å²) in [7, 11) is 0. The highest BCUT2D eigenvalue weighted by Crippen LogP contribution is 2.17. The lowest BCUT2D eigenvalue weighted by Gasteiger charge is -2.24. The molecule has 80 valence electrons. The maximum atomic E-state index is 11.4. The molecule has 0 saturated heterocycles. The third-order valence-corrected chi connectivity index (χ3v) is 2.57. The van der Waals surface area contributed by atoms with Crippen LogP contribution in [0.3, 0.4) is 0 Å². The second-order valence-electron chi connectivity index (χ2n) is 3.58. The van der Waals surface area contributed by atoms with E-state index in [1.54, 1.807) is 6.92 Å². The largest absolute Gasteiger partial charge is 0.340 e. The fourth-order valence-electron chi connectivity index (χ4n) is 1.73. The number of rotatable bonds is 3. The van der Waals surface area contributed by atoms with Gasteiger partial charge >= 0.3 is 6.03 Å². The van der Waals surface area contributed by atoms with Crippen molar-refractivity contribution in [1.82, 2.24) is 10.3 Å². The van der Waals surface area contributed by atoms with E-state index in [1.165, 1.54) is 6.42 Å². The van der Waals surface area contributed by atoms with Gasteiger partial charge in [-0.15, -0.1) is 4.91 Å². The predicted molar refractivity (Wildman–Crippen MR) is 53.6 cm³/mol. The summed E-state index contributed by atoms with van der Waals surface area (Å²) in [4.78, 5) is 21.6. The van der Waals surface area contributed by atoms with Crippen molar-refractivity contribution in [2.45, 2.75) is 45.1 Å². The SMILES string of the molecule is CCN(N=O)C(=O)NC1CCCCC1. The van der Waals surface area contributed by atoms with Crippen LogP contribution >= 0.6 is 0 Å². The molecule has 0 aromatic rings. The molecule has 5 heteroatoms. The summed E-state index contributed by atoms with van der Waals surface area (Å²) >= 11 is 0. The standard InChI is InChI=1S/C9H17N3O2/c1-2-12(11-14)9(13)10-8-6-4-3-5-7-8/h8H,2-7H2,1H3,(H,10,13).